The maximum atomic E-state index is 12.8. The molecule has 0 radical (unpaired) electrons. The van der Waals surface area contributed by atoms with Crippen molar-refractivity contribution in [3.63, 3.8) is 0 Å². The fourth-order valence-electron chi connectivity index (χ4n) is 3.16. The molecule has 5 N–H and O–H groups in total. The van der Waals surface area contributed by atoms with E-state index in [2.05, 4.69) is 26.4 Å². The number of anilines is 1. The van der Waals surface area contributed by atoms with Gasteiger partial charge in [0.25, 0.3) is 5.91 Å². The molecule has 1 atom stereocenters. The molecule has 0 saturated heterocycles. The number of carbonyl (C=O) groups excluding carboxylic acids is 1. The van der Waals surface area contributed by atoms with Gasteiger partial charge in [-0.1, -0.05) is 12.1 Å². The Labute approximate surface area is 161 Å². The zero-order valence-electron chi connectivity index (χ0n) is 15.4. The highest BCUT2D eigenvalue weighted by molar-refractivity contribution is 6.16. The number of hydrogen-bond donors (Lipinski definition) is 4. The molecule has 2 heterocycles. The summed E-state index contributed by atoms with van der Waals surface area (Å²) in [6.45, 7) is 0. The molecular formula is C19H20N6O3. The van der Waals surface area contributed by atoms with Gasteiger partial charge in [-0.25, -0.2) is 0 Å². The summed E-state index contributed by atoms with van der Waals surface area (Å²) in [5.41, 5.74) is 13.3. The largest absolute Gasteiger partial charge is 0.493 e. The Hall–Kier alpha value is -3.75. The summed E-state index contributed by atoms with van der Waals surface area (Å²) in [6, 6.07) is 12.7. The molecule has 2 aromatic rings. The molecule has 2 aromatic carbocycles. The average Bonchev–Trinajstić information content (AvgIpc) is 3.15. The van der Waals surface area contributed by atoms with Crippen molar-refractivity contribution in [2.75, 3.05) is 20.0 Å². The molecule has 1 amide bonds. The van der Waals surface area contributed by atoms with Crippen molar-refractivity contribution in [1.29, 1.82) is 0 Å². The van der Waals surface area contributed by atoms with Crippen LogP contribution in [0.25, 0.3) is 0 Å². The van der Waals surface area contributed by atoms with Crippen molar-refractivity contribution in [2.24, 2.45) is 10.2 Å². The van der Waals surface area contributed by atoms with E-state index in [4.69, 9.17) is 15.2 Å². The number of amides is 1. The Morgan fingerprint density at radius 2 is 1.79 bits per heavy atom. The van der Waals surface area contributed by atoms with E-state index in [1.807, 2.05) is 24.3 Å². The smallest absolute Gasteiger partial charge is 0.275 e. The third kappa shape index (κ3) is 2.86. The fourth-order valence-corrected chi connectivity index (χ4v) is 3.16. The Kier molecular flexibility index (Phi) is 4.26. The van der Waals surface area contributed by atoms with Crippen LogP contribution in [0.4, 0.5) is 5.69 Å². The number of benzene rings is 2. The van der Waals surface area contributed by atoms with Gasteiger partial charge in [0.1, 0.15) is 0 Å². The van der Waals surface area contributed by atoms with Gasteiger partial charge >= 0.3 is 0 Å². The quantitative estimate of drug-likeness (QED) is 0.581. The highest BCUT2D eigenvalue weighted by atomic mass is 16.5. The minimum Gasteiger partial charge on any atom is -0.493 e. The summed E-state index contributed by atoms with van der Waals surface area (Å²) < 4.78 is 10.6. The van der Waals surface area contributed by atoms with E-state index in [1.165, 1.54) is 0 Å². The number of methoxy groups -OCH3 is 2. The number of amidine groups is 1. The maximum Gasteiger partial charge on any atom is 0.275 e. The first kappa shape index (κ1) is 17.7. The van der Waals surface area contributed by atoms with Gasteiger partial charge in [-0.05, 0) is 30.3 Å². The molecule has 0 aromatic heterocycles. The summed E-state index contributed by atoms with van der Waals surface area (Å²) in [5.74, 6) is 1.29. The Bertz CT molecular complexity index is 1000. The Morgan fingerprint density at radius 1 is 1.04 bits per heavy atom. The molecule has 144 valence electrons. The minimum absolute atomic E-state index is 0.292. The van der Waals surface area contributed by atoms with Crippen LogP contribution in [0.1, 0.15) is 17.5 Å². The number of ether oxygens (including phenoxy) is 2. The number of nitrogens with two attached hydrogens (primary N) is 1. The highest BCUT2D eigenvalue weighted by Crippen LogP contribution is 2.30. The van der Waals surface area contributed by atoms with Gasteiger partial charge in [0.15, 0.2) is 17.3 Å². The molecule has 9 nitrogen and oxygen atoms in total. The SMILES string of the molecule is COc1ccc(C2=NN[C@]3(C2)NN=C(c2ccccc2N)NC3=O)cc1OC. The Balaban J connectivity index is 1.56. The second kappa shape index (κ2) is 6.76. The van der Waals surface area contributed by atoms with E-state index in [-0.39, 0.29) is 5.91 Å². The van der Waals surface area contributed by atoms with Crippen molar-refractivity contribution >= 4 is 23.1 Å². The maximum absolute atomic E-state index is 12.8. The van der Waals surface area contributed by atoms with Crippen molar-refractivity contribution in [2.45, 2.75) is 12.1 Å². The van der Waals surface area contributed by atoms with Crippen LogP contribution in [0, 0.1) is 0 Å². The van der Waals surface area contributed by atoms with Gasteiger partial charge in [0.05, 0.1) is 19.9 Å². The molecule has 2 aliphatic heterocycles. The van der Waals surface area contributed by atoms with E-state index in [9.17, 15) is 4.79 Å². The second-order valence-electron chi connectivity index (χ2n) is 6.44. The van der Waals surface area contributed by atoms with E-state index < -0.39 is 5.66 Å². The summed E-state index contributed by atoms with van der Waals surface area (Å²) >= 11 is 0. The lowest BCUT2D eigenvalue weighted by Gasteiger charge is -2.31. The van der Waals surface area contributed by atoms with Gasteiger partial charge in [-0.2, -0.15) is 10.2 Å². The molecule has 2 aliphatic rings. The molecule has 4 rings (SSSR count). The number of hydrazone groups is 2. The van der Waals surface area contributed by atoms with Crippen molar-refractivity contribution in [1.82, 2.24) is 16.2 Å². The molecular weight excluding hydrogens is 360 g/mol. The predicted octanol–water partition coefficient (Wildman–Crippen LogP) is 0.761. The van der Waals surface area contributed by atoms with Crippen LogP contribution in [0.15, 0.2) is 52.7 Å². The lowest BCUT2D eigenvalue weighted by molar-refractivity contribution is -0.127. The number of carbonyl (C=O) groups is 1. The van der Waals surface area contributed by atoms with E-state index in [0.717, 1.165) is 5.56 Å². The van der Waals surface area contributed by atoms with Gasteiger partial charge < -0.3 is 20.5 Å². The zero-order chi connectivity index (χ0) is 19.7. The summed E-state index contributed by atoms with van der Waals surface area (Å²) in [4.78, 5) is 12.8. The Morgan fingerprint density at radius 3 is 2.50 bits per heavy atom. The molecule has 0 fully saturated rings. The first-order chi connectivity index (χ1) is 13.6. The summed E-state index contributed by atoms with van der Waals surface area (Å²) in [6.07, 6.45) is 0.301. The molecule has 28 heavy (non-hydrogen) atoms. The average molecular weight is 380 g/mol. The number of nitrogens with one attached hydrogen (secondary N) is 3. The van der Waals surface area contributed by atoms with Crippen LogP contribution >= 0.6 is 0 Å². The molecule has 1 spiro atoms. The third-order valence-corrected chi connectivity index (χ3v) is 4.73. The number of hydrogen-bond acceptors (Lipinski definition) is 8. The number of nitrogens with zero attached hydrogens (tertiary/aromatic N) is 2. The van der Waals surface area contributed by atoms with Gasteiger partial charge in [-0.3, -0.25) is 15.6 Å². The fraction of sp³-hybridized carbons (Fsp3) is 0.211. The molecule has 9 heteroatoms. The van der Waals surface area contributed by atoms with Crippen LogP contribution in [-0.4, -0.2) is 37.3 Å². The molecule has 0 saturated carbocycles. The predicted molar refractivity (Wildman–Crippen MR) is 105 cm³/mol. The number of nitrogen functional groups attached to an aromatic ring is 1. The van der Waals surface area contributed by atoms with Crippen LogP contribution < -0.4 is 31.4 Å². The zero-order valence-corrected chi connectivity index (χ0v) is 15.4. The van der Waals surface area contributed by atoms with Gasteiger partial charge in [0.2, 0.25) is 5.66 Å². The number of rotatable bonds is 4. The topological polar surface area (TPSA) is 122 Å². The van der Waals surface area contributed by atoms with Crippen molar-refractivity contribution < 1.29 is 14.3 Å². The van der Waals surface area contributed by atoms with Crippen LogP contribution in [-0.2, 0) is 4.79 Å². The summed E-state index contributed by atoms with van der Waals surface area (Å²) in [5, 5.41) is 11.4. The standard InChI is InChI=1S/C19H20N6O3/c1-27-15-8-7-11(9-16(15)28-2)14-10-19(24-22-14)18(26)21-17(23-25-19)12-5-3-4-6-13(12)20/h3-9,24-25H,10,20H2,1-2H3,(H,21,23,26)/t19-/m1/s1. The van der Waals surface area contributed by atoms with Gasteiger partial charge in [0, 0.05) is 23.2 Å². The van der Waals surface area contributed by atoms with Crippen molar-refractivity contribution in [3.05, 3.63) is 53.6 Å². The molecule has 0 aliphatic carbocycles. The summed E-state index contributed by atoms with van der Waals surface area (Å²) in [7, 11) is 3.14. The highest BCUT2D eigenvalue weighted by Gasteiger charge is 2.46. The minimum atomic E-state index is -1.16. The van der Waals surface area contributed by atoms with Crippen LogP contribution in [0.3, 0.4) is 0 Å². The lowest BCUT2D eigenvalue weighted by Crippen LogP contribution is -2.65. The number of para-hydroxylation sites is 1. The molecule has 0 unspecified atom stereocenters. The third-order valence-electron chi connectivity index (χ3n) is 4.73. The van der Waals surface area contributed by atoms with E-state index >= 15 is 0 Å². The first-order valence-corrected chi connectivity index (χ1v) is 8.63. The molecule has 0 bridgehead atoms. The van der Waals surface area contributed by atoms with Crippen LogP contribution in [0.2, 0.25) is 0 Å². The van der Waals surface area contributed by atoms with Gasteiger partial charge in [-0.15, -0.1) is 0 Å². The normalized spacial score (nSPS) is 20.6. The monoisotopic (exact) mass is 380 g/mol. The first-order valence-electron chi connectivity index (χ1n) is 8.63. The lowest BCUT2D eigenvalue weighted by atomic mass is 9.98. The second-order valence-corrected chi connectivity index (χ2v) is 6.44. The van der Waals surface area contributed by atoms with Crippen LogP contribution in [0.5, 0.6) is 11.5 Å². The van der Waals surface area contributed by atoms with E-state index in [1.54, 1.807) is 32.4 Å². The van der Waals surface area contributed by atoms with E-state index in [0.29, 0.717) is 40.7 Å². The van der Waals surface area contributed by atoms with Crippen molar-refractivity contribution in [3.8, 4) is 11.5 Å².